The quantitative estimate of drug-likeness (QED) is 0.254. The zero-order valence-corrected chi connectivity index (χ0v) is 35.6. The first-order chi connectivity index (χ1) is 28.9. The zero-order chi connectivity index (χ0) is 44.2. The highest BCUT2D eigenvalue weighted by molar-refractivity contribution is 6.04. The monoisotopic (exact) mass is 828 g/mol. The van der Waals surface area contributed by atoms with Crippen LogP contribution in [0, 0.1) is 5.82 Å². The van der Waals surface area contributed by atoms with Gasteiger partial charge in [0, 0.05) is 72.7 Å². The van der Waals surface area contributed by atoms with E-state index in [0.29, 0.717) is 73.4 Å². The molecular weight excluding hydrogens is 776 g/mol. The van der Waals surface area contributed by atoms with Crippen molar-refractivity contribution in [1.82, 2.24) is 30.7 Å². The van der Waals surface area contributed by atoms with Crippen molar-refractivity contribution in [3.05, 3.63) is 141 Å². The largest absolute Gasteiger partial charge is 0.328 e. The van der Waals surface area contributed by atoms with Crippen LogP contribution in [0.1, 0.15) is 143 Å². The summed E-state index contributed by atoms with van der Waals surface area (Å²) in [5, 5.41) is 8.04. The van der Waals surface area contributed by atoms with Gasteiger partial charge < -0.3 is 30.7 Å². The third-order valence-electron chi connectivity index (χ3n) is 12.3. The van der Waals surface area contributed by atoms with Gasteiger partial charge in [0.25, 0.3) is 17.7 Å². The average Bonchev–Trinajstić information content (AvgIpc) is 4.04. The molecule has 6 aliphatic rings. The van der Waals surface area contributed by atoms with Crippen molar-refractivity contribution in [3.63, 3.8) is 0 Å². The minimum Gasteiger partial charge on any atom is -0.328 e. The summed E-state index contributed by atoms with van der Waals surface area (Å²) >= 11 is 0. The summed E-state index contributed by atoms with van der Waals surface area (Å²) in [5.74, 6) is -0.383. The molecule has 0 bridgehead atoms. The molecule has 3 aromatic rings. The maximum Gasteiger partial charge on any atom is 0.255 e. The summed E-state index contributed by atoms with van der Waals surface area (Å²) in [4.78, 5) is 78.2. The van der Waals surface area contributed by atoms with Crippen LogP contribution in [0.3, 0.4) is 0 Å². The molecule has 3 aromatic carbocycles. The molecule has 13 heteroatoms. The second-order valence-electron chi connectivity index (χ2n) is 17.5. The first-order valence-electron chi connectivity index (χ1n) is 20.8. The smallest absolute Gasteiger partial charge is 0.255 e. The Bertz CT molecular complexity index is 2330. The number of carbonyl (C=O) groups excluding carboxylic acids is 6. The van der Waals surface area contributed by atoms with E-state index in [1.165, 1.54) is 28.2 Å². The van der Waals surface area contributed by atoms with Gasteiger partial charge in [0.2, 0.25) is 17.7 Å². The van der Waals surface area contributed by atoms with Crippen LogP contribution >= 0.6 is 0 Å². The molecule has 12 nitrogen and oxygen atoms in total. The second kappa shape index (κ2) is 16.6. The van der Waals surface area contributed by atoms with Crippen LogP contribution in [0.25, 0.3) is 0 Å². The van der Waals surface area contributed by atoms with Crippen molar-refractivity contribution >= 4 is 35.4 Å². The van der Waals surface area contributed by atoms with E-state index in [2.05, 4.69) is 75.5 Å². The lowest BCUT2D eigenvalue weighted by Gasteiger charge is -2.21. The number of rotatable bonds is 6. The van der Waals surface area contributed by atoms with E-state index in [9.17, 15) is 33.2 Å². The normalized spacial score (nSPS) is 21.5. The van der Waals surface area contributed by atoms with Crippen LogP contribution in [0.5, 0.6) is 0 Å². The van der Waals surface area contributed by atoms with Crippen molar-refractivity contribution in [2.45, 2.75) is 116 Å². The minimum atomic E-state index is -0.541. The number of carbonyl (C=O) groups is 6. The van der Waals surface area contributed by atoms with Crippen LogP contribution in [0.2, 0.25) is 0 Å². The lowest BCUT2D eigenvalue weighted by Crippen LogP contribution is -2.40. The average molecular weight is 829 g/mol. The molecule has 61 heavy (non-hydrogen) atoms. The van der Waals surface area contributed by atoms with E-state index in [1.54, 1.807) is 9.80 Å². The highest BCUT2D eigenvalue weighted by Gasteiger charge is 2.43. The first-order valence-corrected chi connectivity index (χ1v) is 20.8. The predicted molar refractivity (Wildman–Crippen MR) is 228 cm³/mol. The fourth-order valence-corrected chi connectivity index (χ4v) is 9.19. The fraction of sp³-hybridized carbons (Fsp3) is 0.375. The number of halogens is 1. The van der Waals surface area contributed by atoms with Crippen LogP contribution in [0.15, 0.2) is 85.4 Å². The molecule has 3 atom stereocenters. The van der Waals surface area contributed by atoms with Gasteiger partial charge in [0.15, 0.2) is 0 Å². The van der Waals surface area contributed by atoms with Gasteiger partial charge in [-0.3, -0.25) is 28.8 Å². The van der Waals surface area contributed by atoms with Gasteiger partial charge in [0.1, 0.15) is 23.9 Å². The maximum atomic E-state index is 13.7. The number of hydrogen-bond donors (Lipinski definition) is 3. The molecule has 0 aliphatic carbocycles. The van der Waals surface area contributed by atoms with E-state index in [0.717, 1.165) is 33.4 Å². The first kappa shape index (κ1) is 42.7. The Labute approximate surface area is 355 Å². The van der Waals surface area contributed by atoms with E-state index in [1.807, 2.05) is 38.1 Å². The molecule has 6 heterocycles. The molecule has 0 radical (unpaired) electrons. The Kier molecular flexibility index (Phi) is 11.6. The molecule has 3 N–H and O–H groups in total. The molecule has 6 aliphatic heterocycles. The number of amides is 6. The van der Waals surface area contributed by atoms with Crippen molar-refractivity contribution in [2.24, 2.45) is 0 Å². The van der Waals surface area contributed by atoms with E-state index >= 15 is 0 Å². The van der Waals surface area contributed by atoms with E-state index in [4.69, 9.17) is 0 Å². The molecule has 0 aromatic heterocycles. The molecule has 3 saturated heterocycles. The summed E-state index contributed by atoms with van der Waals surface area (Å²) in [6.45, 7) is 25.1. The van der Waals surface area contributed by atoms with Crippen LogP contribution in [-0.4, -0.2) is 68.3 Å². The number of hydrogen-bond acceptors (Lipinski definition) is 6. The van der Waals surface area contributed by atoms with E-state index in [-0.39, 0.29) is 41.4 Å². The molecule has 3 fully saturated rings. The summed E-state index contributed by atoms with van der Waals surface area (Å²) in [6, 6.07) is 13.1. The Morgan fingerprint density at radius 3 is 1.15 bits per heavy atom. The van der Waals surface area contributed by atoms with Crippen molar-refractivity contribution in [2.75, 3.05) is 0 Å². The fourth-order valence-electron chi connectivity index (χ4n) is 9.19. The topological polar surface area (TPSA) is 148 Å². The van der Waals surface area contributed by atoms with Crippen molar-refractivity contribution in [3.8, 4) is 0 Å². The Morgan fingerprint density at radius 1 is 0.508 bits per heavy atom. The van der Waals surface area contributed by atoms with Crippen LogP contribution < -0.4 is 16.0 Å². The molecule has 6 amide bonds. The summed E-state index contributed by atoms with van der Waals surface area (Å²) in [6.07, 6.45) is 1.43. The van der Waals surface area contributed by atoms with Gasteiger partial charge in [-0.2, -0.15) is 0 Å². The van der Waals surface area contributed by atoms with Gasteiger partial charge >= 0.3 is 0 Å². The van der Waals surface area contributed by atoms with Crippen molar-refractivity contribution < 1.29 is 33.2 Å². The minimum absolute atomic E-state index is 0.0441. The maximum absolute atomic E-state index is 13.7. The highest BCUT2D eigenvalue weighted by Crippen LogP contribution is 2.36. The molecule has 0 spiro atoms. The standard InChI is InChI=1S/C16H17FN2O2.2C16H18N2O2/c1-8(2)11-5-10(17)6-12-13(11)7-19(16(12)21)14-4-9(3)18-15(14)20;2*1-9(2)11-5-4-6-12-13(11)8-18(16(12)20)14-7-10(3)17-15(14)19/h5-6,8,14H,3-4,7H2,1-2H3,(H,18,20);2*4-6,9,14H,3,7-8H2,1-2H3,(H,17,19). The number of nitrogens with zero attached hydrogens (tertiary/aromatic N) is 3. The molecule has 3 unspecified atom stereocenters. The Balaban J connectivity index is 0.000000138. The third kappa shape index (κ3) is 8.01. The van der Waals surface area contributed by atoms with Crippen molar-refractivity contribution in [1.29, 1.82) is 0 Å². The molecule has 0 saturated carbocycles. The SMILES string of the molecule is C=C1CC(N2Cc3c(cc(F)cc3C(C)C)C2=O)C(=O)N1.C=C1CC(N2Cc3c(cccc3C(C)C)C2=O)C(=O)N1.C=C1CC(N2Cc3c(cccc3C(C)C)C2=O)C(=O)N1. The number of benzene rings is 3. The highest BCUT2D eigenvalue weighted by atomic mass is 19.1. The third-order valence-corrected chi connectivity index (χ3v) is 12.3. The number of nitrogens with one attached hydrogen (secondary N) is 3. The van der Waals surface area contributed by atoms with Gasteiger partial charge in [0.05, 0.1) is 0 Å². The second-order valence-corrected chi connectivity index (χ2v) is 17.5. The van der Waals surface area contributed by atoms with Gasteiger partial charge in [-0.25, -0.2) is 4.39 Å². The van der Waals surface area contributed by atoms with Crippen LogP contribution in [-0.2, 0) is 34.0 Å². The zero-order valence-electron chi connectivity index (χ0n) is 35.6. The molecule has 9 rings (SSSR count). The predicted octanol–water partition coefficient (Wildman–Crippen LogP) is 6.64. The van der Waals surface area contributed by atoms with Crippen LogP contribution in [0.4, 0.5) is 4.39 Å². The van der Waals surface area contributed by atoms with Gasteiger partial charge in [-0.15, -0.1) is 0 Å². The van der Waals surface area contributed by atoms with Gasteiger partial charge in [-0.05, 0) is 75.4 Å². The number of fused-ring (bicyclic) bond motifs is 3. The molecule has 318 valence electrons. The Hall–Kier alpha value is -6.37. The lowest BCUT2D eigenvalue weighted by atomic mass is 9.94. The summed E-state index contributed by atoms with van der Waals surface area (Å²) in [5.41, 5.74) is 10.0. The van der Waals surface area contributed by atoms with E-state index < -0.39 is 23.9 Å². The summed E-state index contributed by atoms with van der Waals surface area (Å²) < 4.78 is 13.7. The summed E-state index contributed by atoms with van der Waals surface area (Å²) in [7, 11) is 0. The van der Waals surface area contributed by atoms with Gasteiger partial charge in [-0.1, -0.05) is 85.5 Å². The lowest BCUT2D eigenvalue weighted by molar-refractivity contribution is -0.123. The molecular formula is C48H53FN6O6. The Morgan fingerprint density at radius 2 is 0.836 bits per heavy atom.